The number of nitrogens with zero attached hydrogens (tertiary/aromatic N) is 4. The number of rotatable bonds is 7. The number of hydrogen-bond acceptors (Lipinski definition) is 8. The number of nitrogens with one attached hydrogen (secondary N) is 2. The fourth-order valence-corrected chi connectivity index (χ4v) is 1.13. The van der Waals surface area contributed by atoms with E-state index in [1.54, 1.807) is 12.0 Å². The number of ether oxygens (including phenoxy) is 1. The van der Waals surface area contributed by atoms with Crippen LogP contribution in [-0.4, -0.2) is 49.3 Å². The smallest absolute Gasteiger partial charge is 0.243 e. The fraction of sp³-hybridized carbons (Fsp3) is 0.667. The highest BCUT2D eigenvalue weighted by atomic mass is 16.5. The summed E-state index contributed by atoms with van der Waals surface area (Å²) < 4.78 is 4.95. The molecule has 0 aliphatic heterocycles. The normalized spacial score (nSPS) is 10.1. The first-order valence-corrected chi connectivity index (χ1v) is 5.30. The number of methoxy groups -OCH3 is 1. The molecule has 0 bridgehead atoms. The van der Waals surface area contributed by atoms with Gasteiger partial charge in [-0.25, -0.2) is 5.84 Å². The molecule has 96 valence electrons. The highest BCUT2D eigenvalue weighted by Crippen LogP contribution is 2.10. The van der Waals surface area contributed by atoms with Gasteiger partial charge in [-0.3, -0.25) is 5.43 Å². The van der Waals surface area contributed by atoms with Gasteiger partial charge >= 0.3 is 0 Å². The molecule has 0 aliphatic rings. The second-order valence-electron chi connectivity index (χ2n) is 3.59. The molecule has 8 nitrogen and oxygen atoms in total. The van der Waals surface area contributed by atoms with E-state index in [0.717, 1.165) is 13.0 Å². The summed E-state index contributed by atoms with van der Waals surface area (Å²) in [4.78, 5) is 14.2. The molecule has 0 aliphatic carbocycles. The third-order valence-electron chi connectivity index (χ3n) is 1.96. The number of hydrogen-bond donors (Lipinski definition) is 3. The Morgan fingerprint density at radius 2 is 1.94 bits per heavy atom. The van der Waals surface area contributed by atoms with Gasteiger partial charge in [0, 0.05) is 34.4 Å². The number of nitrogen functional groups attached to an aromatic ring is 1. The van der Waals surface area contributed by atoms with Gasteiger partial charge in [-0.2, -0.15) is 15.0 Å². The number of hydrazine groups is 1. The van der Waals surface area contributed by atoms with Crippen LogP contribution in [0.15, 0.2) is 0 Å². The summed E-state index contributed by atoms with van der Waals surface area (Å²) in [5.41, 5.74) is 2.41. The summed E-state index contributed by atoms with van der Waals surface area (Å²) >= 11 is 0. The van der Waals surface area contributed by atoms with Crippen LogP contribution < -0.4 is 21.5 Å². The Balaban J connectivity index is 2.66. The van der Waals surface area contributed by atoms with Gasteiger partial charge in [-0.15, -0.1) is 0 Å². The van der Waals surface area contributed by atoms with Crippen LogP contribution >= 0.6 is 0 Å². The van der Waals surface area contributed by atoms with Gasteiger partial charge in [0.2, 0.25) is 17.8 Å². The zero-order valence-corrected chi connectivity index (χ0v) is 10.4. The van der Waals surface area contributed by atoms with Crippen LogP contribution in [0.2, 0.25) is 0 Å². The number of aromatic nitrogens is 3. The summed E-state index contributed by atoms with van der Waals surface area (Å²) in [6, 6.07) is 0. The van der Waals surface area contributed by atoms with Crippen molar-refractivity contribution in [3.8, 4) is 0 Å². The highest BCUT2D eigenvalue weighted by molar-refractivity contribution is 5.42. The third-order valence-corrected chi connectivity index (χ3v) is 1.96. The van der Waals surface area contributed by atoms with Gasteiger partial charge in [-0.1, -0.05) is 0 Å². The van der Waals surface area contributed by atoms with E-state index in [9.17, 15) is 0 Å². The monoisotopic (exact) mass is 241 g/mol. The molecular weight excluding hydrogens is 222 g/mol. The molecule has 0 unspecified atom stereocenters. The van der Waals surface area contributed by atoms with E-state index >= 15 is 0 Å². The van der Waals surface area contributed by atoms with E-state index in [1.807, 2.05) is 14.1 Å². The molecular formula is C9H19N7O. The summed E-state index contributed by atoms with van der Waals surface area (Å²) in [5.74, 6) is 6.66. The second kappa shape index (κ2) is 6.81. The Kier molecular flexibility index (Phi) is 5.37. The minimum Gasteiger partial charge on any atom is -0.385 e. The summed E-state index contributed by atoms with van der Waals surface area (Å²) in [5, 5.41) is 3.08. The van der Waals surface area contributed by atoms with Crippen LogP contribution in [0, 0.1) is 0 Å². The lowest BCUT2D eigenvalue weighted by atomic mass is 10.4. The fourth-order valence-electron chi connectivity index (χ4n) is 1.13. The van der Waals surface area contributed by atoms with Crippen molar-refractivity contribution in [2.75, 3.05) is 50.0 Å². The van der Waals surface area contributed by atoms with Gasteiger partial charge in [0.25, 0.3) is 0 Å². The van der Waals surface area contributed by atoms with Crippen LogP contribution in [0.1, 0.15) is 6.42 Å². The minimum atomic E-state index is 0.331. The SMILES string of the molecule is COCCCNc1nc(NN)nc(N(C)C)n1. The van der Waals surface area contributed by atoms with Crippen molar-refractivity contribution in [2.45, 2.75) is 6.42 Å². The molecule has 0 atom stereocenters. The summed E-state index contributed by atoms with van der Waals surface area (Å²) in [6.45, 7) is 1.43. The van der Waals surface area contributed by atoms with Crippen LogP contribution in [0.4, 0.5) is 17.8 Å². The van der Waals surface area contributed by atoms with Crippen molar-refractivity contribution >= 4 is 17.8 Å². The van der Waals surface area contributed by atoms with Crippen LogP contribution in [0.25, 0.3) is 0 Å². The van der Waals surface area contributed by atoms with Gasteiger partial charge in [0.15, 0.2) is 0 Å². The molecule has 0 radical (unpaired) electrons. The first-order chi connectivity index (χ1) is 8.17. The molecule has 0 aromatic carbocycles. The Labute approximate surface area is 101 Å². The molecule has 1 heterocycles. The maximum absolute atomic E-state index is 5.30. The first-order valence-electron chi connectivity index (χ1n) is 5.30. The third kappa shape index (κ3) is 4.37. The van der Waals surface area contributed by atoms with Crippen molar-refractivity contribution in [2.24, 2.45) is 5.84 Å². The number of anilines is 3. The van der Waals surface area contributed by atoms with Crippen LogP contribution in [0.3, 0.4) is 0 Å². The maximum atomic E-state index is 5.30. The standard InChI is InChI=1S/C9H19N7O/c1-16(2)9-13-7(11-5-4-6-17-3)12-8(14-9)15-10/h4-6,10H2,1-3H3,(H2,11,12,13,14,15). The minimum absolute atomic E-state index is 0.331. The van der Waals surface area contributed by atoms with Crippen LogP contribution in [-0.2, 0) is 4.74 Å². The number of nitrogens with two attached hydrogens (primary N) is 1. The molecule has 1 aromatic heterocycles. The predicted molar refractivity (Wildman–Crippen MR) is 66.9 cm³/mol. The Morgan fingerprint density at radius 3 is 2.53 bits per heavy atom. The van der Waals surface area contributed by atoms with E-state index in [1.165, 1.54) is 0 Å². The zero-order chi connectivity index (χ0) is 12.7. The Bertz CT molecular complexity index is 344. The largest absolute Gasteiger partial charge is 0.385 e. The zero-order valence-electron chi connectivity index (χ0n) is 10.4. The quantitative estimate of drug-likeness (QED) is 0.339. The van der Waals surface area contributed by atoms with E-state index < -0.39 is 0 Å². The molecule has 4 N–H and O–H groups in total. The lowest BCUT2D eigenvalue weighted by Crippen LogP contribution is -2.19. The first kappa shape index (κ1) is 13.4. The predicted octanol–water partition coefficient (Wildman–Crippen LogP) is -0.328. The summed E-state index contributed by atoms with van der Waals surface area (Å²) in [6.07, 6.45) is 0.880. The average Bonchev–Trinajstić information content (AvgIpc) is 2.34. The van der Waals surface area contributed by atoms with Crippen molar-refractivity contribution < 1.29 is 4.74 Å². The second-order valence-corrected chi connectivity index (χ2v) is 3.59. The summed E-state index contributed by atoms with van der Waals surface area (Å²) in [7, 11) is 5.37. The van der Waals surface area contributed by atoms with E-state index in [-0.39, 0.29) is 0 Å². The lowest BCUT2D eigenvalue weighted by Gasteiger charge is -2.13. The molecule has 0 spiro atoms. The molecule has 8 heteroatoms. The van der Waals surface area contributed by atoms with Crippen LogP contribution in [0.5, 0.6) is 0 Å². The van der Waals surface area contributed by atoms with Crippen molar-refractivity contribution in [3.05, 3.63) is 0 Å². The van der Waals surface area contributed by atoms with E-state index in [4.69, 9.17) is 10.6 Å². The molecule has 0 fully saturated rings. The van der Waals surface area contributed by atoms with Gasteiger partial charge < -0.3 is 15.0 Å². The molecule has 0 amide bonds. The van der Waals surface area contributed by atoms with Gasteiger partial charge in [0.05, 0.1) is 0 Å². The van der Waals surface area contributed by atoms with Crippen molar-refractivity contribution in [1.29, 1.82) is 0 Å². The Morgan fingerprint density at radius 1 is 1.24 bits per heavy atom. The van der Waals surface area contributed by atoms with E-state index in [0.29, 0.717) is 24.5 Å². The molecule has 0 saturated heterocycles. The molecule has 1 rings (SSSR count). The van der Waals surface area contributed by atoms with Crippen molar-refractivity contribution in [3.63, 3.8) is 0 Å². The molecule has 17 heavy (non-hydrogen) atoms. The van der Waals surface area contributed by atoms with Gasteiger partial charge in [-0.05, 0) is 6.42 Å². The lowest BCUT2D eigenvalue weighted by molar-refractivity contribution is 0.197. The van der Waals surface area contributed by atoms with Crippen molar-refractivity contribution in [1.82, 2.24) is 15.0 Å². The average molecular weight is 241 g/mol. The topological polar surface area (TPSA) is 101 Å². The van der Waals surface area contributed by atoms with Gasteiger partial charge in [0.1, 0.15) is 0 Å². The highest BCUT2D eigenvalue weighted by Gasteiger charge is 2.06. The molecule has 1 aromatic rings. The maximum Gasteiger partial charge on any atom is 0.243 e. The van der Waals surface area contributed by atoms with E-state index in [2.05, 4.69) is 25.7 Å². The molecule has 0 saturated carbocycles. The Hall–Kier alpha value is -1.67.